The summed E-state index contributed by atoms with van der Waals surface area (Å²) in [4.78, 5) is 14.4. The minimum absolute atomic E-state index is 0.000747. The Morgan fingerprint density at radius 2 is 2.04 bits per heavy atom. The molecule has 0 atom stereocenters. The van der Waals surface area contributed by atoms with E-state index in [0.29, 0.717) is 0 Å². The van der Waals surface area contributed by atoms with Gasteiger partial charge >= 0.3 is 0 Å². The number of nitrogens with zero attached hydrogens (tertiary/aromatic N) is 1. The number of ether oxygens (including phenoxy) is 1. The van der Waals surface area contributed by atoms with Crippen LogP contribution in [-0.2, 0) is 11.2 Å². The molecule has 2 heterocycles. The molecular weight excluding hydrogens is 324 g/mol. The van der Waals surface area contributed by atoms with Gasteiger partial charge in [-0.2, -0.15) is 0 Å². The first-order valence-electron chi connectivity index (χ1n) is 9.06. The summed E-state index contributed by atoms with van der Waals surface area (Å²) < 4.78 is 5.82. The molecule has 134 valence electrons. The van der Waals surface area contributed by atoms with Crippen LogP contribution in [0.3, 0.4) is 0 Å². The average Bonchev–Trinajstić information content (AvgIpc) is 3.03. The first-order valence-corrected chi connectivity index (χ1v) is 9.06. The van der Waals surface area contributed by atoms with Crippen molar-refractivity contribution < 1.29 is 9.53 Å². The van der Waals surface area contributed by atoms with Crippen molar-refractivity contribution in [2.45, 2.75) is 32.7 Å². The van der Waals surface area contributed by atoms with Crippen LogP contribution < -0.4 is 15.0 Å². The van der Waals surface area contributed by atoms with Crippen molar-refractivity contribution >= 4 is 22.9 Å². The standard InChI is InChI=1S/C22H24N2O2/c1-15-13-22(2,3)23-19-9-8-17(12-18(15)19)26-14-21(25)24-11-10-16-6-4-5-7-20(16)24/h4-9,12-13,23H,10-11,14H2,1-3H3. The predicted octanol–water partition coefficient (Wildman–Crippen LogP) is 4.26. The van der Waals surface area contributed by atoms with E-state index < -0.39 is 0 Å². The highest BCUT2D eigenvalue weighted by Gasteiger charge is 2.25. The number of allylic oxidation sites excluding steroid dienone is 1. The molecule has 2 aliphatic rings. The summed E-state index contributed by atoms with van der Waals surface area (Å²) in [6, 6.07) is 14.0. The van der Waals surface area contributed by atoms with E-state index in [4.69, 9.17) is 4.74 Å². The van der Waals surface area contributed by atoms with Crippen molar-refractivity contribution in [3.8, 4) is 5.75 Å². The van der Waals surface area contributed by atoms with Gasteiger partial charge < -0.3 is 15.0 Å². The van der Waals surface area contributed by atoms with E-state index in [1.54, 1.807) is 0 Å². The van der Waals surface area contributed by atoms with Gasteiger partial charge in [0.25, 0.3) is 5.91 Å². The molecule has 0 unspecified atom stereocenters. The van der Waals surface area contributed by atoms with Crippen molar-refractivity contribution in [3.05, 3.63) is 59.7 Å². The van der Waals surface area contributed by atoms with E-state index in [9.17, 15) is 4.79 Å². The number of nitrogens with one attached hydrogen (secondary N) is 1. The van der Waals surface area contributed by atoms with Gasteiger partial charge in [0, 0.05) is 23.5 Å². The number of carbonyl (C=O) groups excluding carboxylic acids is 1. The lowest BCUT2D eigenvalue weighted by molar-refractivity contribution is -0.120. The summed E-state index contributed by atoms with van der Waals surface area (Å²) in [5.74, 6) is 0.720. The van der Waals surface area contributed by atoms with Crippen LogP contribution in [0.2, 0.25) is 0 Å². The summed E-state index contributed by atoms with van der Waals surface area (Å²) in [5, 5.41) is 3.51. The van der Waals surface area contributed by atoms with Crippen LogP contribution in [0.5, 0.6) is 5.75 Å². The topological polar surface area (TPSA) is 41.6 Å². The summed E-state index contributed by atoms with van der Waals surface area (Å²) in [6.07, 6.45) is 3.12. The summed E-state index contributed by atoms with van der Waals surface area (Å²) >= 11 is 0. The van der Waals surface area contributed by atoms with Gasteiger partial charge in [-0.15, -0.1) is 0 Å². The molecule has 0 saturated carbocycles. The Morgan fingerprint density at radius 3 is 2.88 bits per heavy atom. The molecule has 1 amide bonds. The largest absolute Gasteiger partial charge is 0.484 e. The minimum Gasteiger partial charge on any atom is -0.484 e. The van der Waals surface area contributed by atoms with Crippen LogP contribution in [0.1, 0.15) is 31.9 Å². The van der Waals surface area contributed by atoms with Crippen LogP contribution in [0.15, 0.2) is 48.5 Å². The van der Waals surface area contributed by atoms with Crippen molar-refractivity contribution in [1.29, 1.82) is 0 Å². The lowest BCUT2D eigenvalue weighted by Crippen LogP contribution is -2.33. The number of rotatable bonds is 3. The fourth-order valence-corrected chi connectivity index (χ4v) is 3.87. The number of para-hydroxylation sites is 1. The molecule has 4 nitrogen and oxygen atoms in total. The number of carbonyl (C=O) groups is 1. The minimum atomic E-state index is -0.0570. The summed E-state index contributed by atoms with van der Waals surface area (Å²) in [6.45, 7) is 7.19. The highest BCUT2D eigenvalue weighted by atomic mass is 16.5. The normalized spacial score (nSPS) is 17.0. The molecule has 0 aromatic heterocycles. The molecule has 0 fully saturated rings. The fourth-order valence-electron chi connectivity index (χ4n) is 3.87. The maximum absolute atomic E-state index is 12.6. The summed E-state index contributed by atoms with van der Waals surface area (Å²) in [7, 11) is 0. The van der Waals surface area contributed by atoms with E-state index in [0.717, 1.165) is 35.7 Å². The van der Waals surface area contributed by atoms with Crippen molar-refractivity contribution in [2.75, 3.05) is 23.4 Å². The second kappa shape index (κ2) is 6.20. The Labute approximate surface area is 154 Å². The van der Waals surface area contributed by atoms with E-state index in [1.807, 2.05) is 41.3 Å². The van der Waals surface area contributed by atoms with Gasteiger partial charge in [0.2, 0.25) is 0 Å². The highest BCUT2D eigenvalue weighted by molar-refractivity contribution is 5.96. The molecular formula is C22H24N2O2. The van der Waals surface area contributed by atoms with Gasteiger partial charge in [-0.05, 0) is 62.6 Å². The van der Waals surface area contributed by atoms with Crippen LogP contribution in [-0.4, -0.2) is 24.6 Å². The fraction of sp³-hybridized carbons (Fsp3) is 0.318. The first kappa shape index (κ1) is 16.7. The number of hydrogen-bond donors (Lipinski definition) is 1. The highest BCUT2D eigenvalue weighted by Crippen LogP contribution is 2.35. The quantitative estimate of drug-likeness (QED) is 0.901. The molecule has 0 saturated heterocycles. The average molecular weight is 348 g/mol. The number of anilines is 2. The maximum atomic E-state index is 12.6. The van der Waals surface area contributed by atoms with Crippen molar-refractivity contribution in [2.24, 2.45) is 0 Å². The van der Waals surface area contributed by atoms with Crippen molar-refractivity contribution in [1.82, 2.24) is 0 Å². The molecule has 2 aromatic carbocycles. The van der Waals surface area contributed by atoms with Gasteiger partial charge in [0.05, 0.1) is 5.54 Å². The molecule has 26 heavy (non-hydrogen) atoms. The Balaban J connectivity index is 1.46. The summed E-state index contributed by atoms with van der Waals surface area (Å²) in [5.41, 5.74) is 5.62. The van der Waals surface area contributed by atoms with Crippen LogP contribution in [0, 0.1) is 0 Å². The van der Waals surface area contributed by atoms with Crippen LogP contribution in [0.4, 0.5) is 11.4 Å². The van der Waals surface area contributed by atoms with Gasteiger partial charge in [-0.1, -0.05) is 24.3 Å². The Bertz CT molecular complexity index is 899. The number of fused-ring (bicyclic) bond motifs is 2. The molecule has 2 aliphatic heterocycles. The molecule has 1 N–H and O–H groups in total. The van der Waals surface area contributed by atoms with Gasteiger partial charge in [0.15, 0.2) is 6.61 Å². The second-order valence-electron chi connectivity index (χ2n) is 7.59. The van der Waals surface area contributed by atoms with E-state index in [2.05, 4.69) is 38.2 Å². The zero-order valence-electron chi connectivity index (χ0n) is 15.5. The van der Waals surface area contributed by atoms with Crippen LogP contribution in [0.25, 0.3) is 5.57 Å². The molecule has 4 rings (SSSR count). The molecule has 2 aromatic rings. The monoisotopic (exact) mass is 348 g/mol. The second-order valence-corrected chi connectivity index (χ2v) is 7.59. The number of hydrogen-bond acceptors (Lipinski definition) is 3. The Kier molecular flexibility index (Phi) is 3.98. The zero-order chi connectivity index (χ0) is 18.3. The van der Waals surface area contributed by atoms with E-state index in [1.165, 1.54) is 11.1 Å². The lowest BCUT2D eigenvalue weighted by Gasteiger charge is -2.31. The third-order valence-electron chi connectivity index (χ3n) is 5.00. The number of amides is 1. The molecule has 0 radical (unpaired) electrons. The van der Waals surface area contributed by atoms with Gasteiger partial charge in [-0.3, -0.25) is 4.79 Å². The maximum Gasteiger partial charge on any atom is 0.264 e. The van der Waals surface area contributed by atoms with Crippen LogP contribution >= 0.6 is 0 Å². The number of benzene rings is 2. The van der Waals surface area contributed by atoms with Gasteiger partial charge in [-0.25, -0.2) is 0 Å². The Hall–Kier alpha value is -2.75. The molecule has 4 heteroatoms. The van der Waals surface area contributed by atoms with E-state index >= 15 is 0 Å². The van der Waals surface area contributed by atoms with E-state index in [-0.39, 0.29) is 18.1 Å². The molecule has 0 spiro atoms. The Morgan fingerprint density at radius 1 is 1.23 bits per heavy atom. The van der Waals surface area contributed by atoms with Gasteiger partial charge in [0.1, 0.15) is 5.75 Å². The predicted molar refractivity (Wildman–Crippen MR) is 106 cm³/mol. The third-order valence-corrected chi connectivity index (χ3v) is 5.00. The lowest BCUT2D eigenvalue weighted by atomic mass is 9.91. The zero-order valence-corrected chi connectivity index (χ0v) is 15.5. The van der Waals surface area contributed by atoms with Crippen molar-refractivity contribution in [3.63, 3.8) is 0 Å². The smallest absolute Gasteiger partial charge is 0.264 e. The molecule has 0 aliphatic carbocycles. The SMILES string of the molecule is CC1=CC(C)(C)Nc2ccc(OCC(=O)N3CCc4ccccc43)cc21. The first-order chi connectivity index (χ1) is 12.4. The molecule has 0 bridgehead atoms. The third kappa shape index (κ3) is 3.07.